The molecular formula is C19H21ClN2O3. The molecule has 132 valence electrons. The summed E-state index contributed by atoms with van der Waals surface area (Å²) in [6.45, 7) is 4.29. The van der Waals surface area contributed by atoms with E-state index in [-0.39, 0.29) is 11.8 Å². The topological polar surface area (TPSA) is 67.4 Å². The Morgan fingerprint density at radius 1 is 1.00 bits per heavy atom. The fourth-order valence-electron chi connectivity index (χ4n) is 2.08. The highest BCUT2D eigenvalue weighted by molar-refractivity contribution is 6.30. The lowest BCUT2D eigenvalue weighted by Crippen LogP contribution is -2.40. The van der Waals surface area contributed by atoms with Gasteiger partial charge in [0, 0.05) is 23.7 Å². The van der Waals surface area contributed by atoms with Gasteiger partial charge in [-0.25, -0.2) is 0 Å². The van der Waals surface area contributed by atoms with Gasteiger partial charge in [0.15, 0.2) is 6.10 Å². The van der Waals surface area contributed by atoms with Gasteiger partial charge in [-0.2, -0.15) is 0 Å². The van der Waals surface area contributed by atoms with E-state index < -0.39 is 6.10 Å². The molecular weight excluding hydrogens is 340 g/mol. The molecule has 1 unspecified atom stereocenters. The van der Waals surface area contributed by atoms with Crippen LogP contribution in [0.4, 0.5) is 0 Å². The summed E-state index contributed by atoms with van der Waals surface area (Å²) in [6.07, 6.45) is -0.644. The third-order valence-electron chi connectivity index (χ3n) is 3.52. The molecule has 2 aromatic rings. The van der Waals surface area contributed by atoms with Gasteiger partial charge < -0.3 is 15.4 Å². The summed E-state index contributed by atoms with van der Waals surface area (Å²) in [7, 11) is 0. The Hall–Kier alpha value is -2.53. The normalized spacial score (nSPS) is 11.5. The number of hydrogen-bond acceptors (Lipinski definition) is 3. The van der Waals surface area contributed by atoms with E-state index in [0.717, 1.165) is 5.56 Å². The largest absolute Gasteiger partial charge is 0.481 e. The summed E-state index contributed by atoms with van der Waals surface area (Å²) in [6, 6.07) is 14.1. The number of hydrogen-bond donors (Lipinski definition) is 2. The Labute approximate surface area is 152 Å². The van der Waals surface area contributed by atoms with Crippen molar-refractivity contribution in [2.75, 3.05) is 13.1 Å². The van der Waals surface area contributed by atoms with Gasteiger partial charge in [0.05, 0.1) is 0 Å². The zero-order valence-electron chi connectivity index (χ0n) is 14.2. The molecule has 25 heavy (non-hydrogen) atoms. The number of rotatable bonds is 7. The van der Waals surface area contributed by atoms with Gasteiger partial charge >= 0.3 is 0 Å². The van der Waals surface area contributed by atoms with Crippen molar-refractivity contribution >= 4 is 23.4 Å². The standard InChI is InChI=1S/C19H21ClN2O3/c1-13-3-5-15(6-4-13)19(24)22-12-11-21-18(23)14(2)25-17-9-7-16(20)8-10-17/h3-10,14H,11-12H2,1-2H3,(H,21,23)(H,22,24). The molecule has 0 aliphatic rings. The lowest BCUT2D eigenvalue weighted by molar-refractivity contribution is -0.127. The van der Waals surface area contributed by atoms with Crippen LogP contribution in [0, 0.1) is 6.92 Å². The Kier molecular flexibility index (Phi) is 6.83. The van der Waals surface area contributed by atoms with Crippen LogP contribution >= 0.6 is 11.6 Å². The maximum atomic E-state index is 12.0. The highest BCUT2D eigenvalue weighted by Gasteiger charge is 2.14. The molecule has 2 N–H and O–H groups in total. The second kappa shape index (κ2) is 9.08. The van der Waals surface area contributed by atoms with Crippen LogP contribution in [0.2, 0.25) is 5.02 Å². The average molecular weight is 361 g/mol. The van der Waals surface area contributed by atoms with E-state index in [9.17, 15) is 9.59 Å². The second-order valence-corrected chi connectivity index (χ2v) is 6.06. The minimum Gasteiger partial charge on any atom is -0.481 e. The highest BCUT2D eigenvalue weighted by Crippen LogP contribution is 2.16. The van der Waals surface area contributed by atoms with E-state index >= 15 is 0 Å². The Balaban J connectivity index is 1.69. The van der Waals surface area contributed by atoms with E-state index in [1.54, 1.807) is 43.3 Å². The van der Waals surface area contributed by atoms with Crippen LogP contribution in [0.5, 0.6) is 5.75 Å². The number of carbonyl (C=O) groups is 2. The summed E-state index contributed by atoms with van der Waals surface area (Å²) >= 11 is 5.80. The summed E-state index contributed by atoms with van der Waals surface area (Å²) in [5.41, 5.74) is 1.69. The van der Waals surface area contributed by atoms with Crippen LogP contribution in [0.15, 0.2) is 48.5 Å². The predicted molar refractivity (Wildman–Crippen MR) is 98.1 cm³/mol. The van der Waals surface area contributed by atoms with Crippen LogP contribution in [0.3, 0.4) is 0 Å². The Morgan fingerprint density at radius 3 is 2.24 bits per heavy atom. The van der Waals surface area contributed by atoms with Gasteiger partial charge in [0.25, 0.3) is 11.8 Å². The molecule has 0 spiro atoms. The third-order valence-corrected chi connectivity index (χ3v) is 3.77. The van der Waals surface area contributed by atoms with Crippen LogP contribution in [0.1, 0.15) is 22.8 Å². The zero-order chi connectivity index (χ0) is 18.2. The second-order valence-electron chi connectivity index (χ2n) is 5.63. The van der Waals surface area contributed by atoms with Gasteiger partial charge in [-0.3, -0.25) is 9.59 Å². The van der Waals surface area contributed by atoms with Crippen molar-refractivity contribution in [3.05, 3.63) is 64.7 Å². The quantitative estimate of drug-likeness (QED) is 0.746. The van der Waals surface area contributed by atoms with Crippen molar-refractivity contribution in [1.82, 2.24) is 10.6 Å². The SMILES string of the molecule is Cc1ccc(C(=O)NCCNC(=O)C(C)Oc2ccc(Cl)cc2)cc1. The number of nitrogens with one attached hydrogen (secondary N) is 2. The first kappa shape index (κ1) is 18.8. The first-order valence-electron chi connectivity index (χ1n) is 8.00. The average Bonchev–Trinajstić information content (AvgIpc) is 2.60. The van der Waals surface area contributed by atoms with Crippen LogP contribution in [-0.4, -0.2) is 31.0 Å². The van der Waals surface area contributed by atoms with E-state index in [1.165, 1.54) is 0 Å². The molecule has 0 saturated carbocycles. The van der Waals surface area contributed by atoms with Crippen molar-refractivity contribution < 1.29 is 14.3 Å². The van der Waals surface area contributed by atoms with Crippen LogP contribution in [-0.2, 0) is 4.79 Å². The molecule has 0 bridgehead atoms. The van der Waals surface area contributed by atoms with Crippen molar-refractivity contribution in [2.45, 2.75) is 20.0 Å². The Bertz CT molecular complexity index is 714. The van der Waals surface area contributed by atoms with Gasteiger partial charge in [-0.05, 0) is 50.2 Å². The monoisotopic (exact) mass is 360 g/mol. The van der Waals surface area contributed by atoms with Gasteiger partial charge in [-0.1, -0.05) is 29.3 Å². The molecule has 0 fully saturated rings. The van der Waals surface area contributed by atoms with Crippen molar-refractivity contribution in [3.8, 4) is 5.75 Å². The maximum absolute atomic E-state index is 12.0. The zero-order valence-corrected chi connectivity index (χ0v) is 15.0. The minimum atomic E-state index is -0.644. The number of benzene rings is 2. The van der Waals surface area contributed by atoms with Crippen LogP contribution in [0.25, 0.3) is 0 Å². The number of ether oxygens (including phenoxy) is 1. The number of amides is 2. The lowest BCUT2D eigenvalue weighted by Gasteiger charge is -2.15. The predicted octanol–water partition coefficient (Wildman–Crippen LogP) is 2.96. The van der Waals surface area contributed by atoms with Gasteiger partial charge in [-0.15, -0.1) is 0 Å². The first-order valence-corrected chi connectivity index (χ1v) is 8.38. The van der Waals surface area contributed by atoms with E-state index in [2.05, 4.69) is 10.6 Å². The summed E-state index contributed by atoms with van der Waals surface area (Å²) < 4.78 is 5.53. The smallest absolute Gasteiger partial charge is 0.260 e. The third kappa shape index (κ3) is 6.12. The number of carbonyl (C=O) groups excluding carboxylic acids is 2. The molecule has 2 rings (SSSR count). The summed E-state index contributed by atoms with van der Waals surface area (Å²) in [5, 5.41) is 6.09. The molecule has 2 aromatic carbocycles. The number of halogens is 1. The molecule has 5 nitrogen and oxygen atoms in total. The molecule has 1 atom stereocenters. The number of aryl methyl sites for hydroxylation is 1. The Morgan fingerprint density at radius 2 is 1.60 bits per heavy atom. The molecule has 6 heteroatoms. The molecule has 0 heterocycles. The lowest BCUT2D eigenvalue weighted by atomic mass is 10.1. The molecule has 0 aliphatic carbocycles. The van der Waals surface area contributed by atoms with Crippen molar-refractivity contribution in [3.63, 3.8) is 0 Å². The molecule has 0 aromatic heterocycles. The molecule has 0 saturated heterocycles. The van der Waals surface area contributed by atoms with E-state index in [4.69, 9.17) is 16.3 Å². The molecule has 2 amide bonds. The summed E-state index contributed by atoms with van der Waals surface area (Å²) in [4.78, 5) is 23.9. The van der Waals surface area contributed by atoms with Crippen molar-refractivity contribution in [1.29, 1.82) is 0 Å². The fraction of sp³-hybridized carbons (Fsp3) is 0.263. The van der Waals surface area contributed by atoms with E-state index in [1.807, 2.05) is 19.1 Å². The van der Waals surface area contributed by atoms with Crippen molar-refractivity contribution in [2.24, 2.45) is 0 Å². The fourth-order valence-corrected chi connectivity index (χ4v) is 2.21. The maximum Gasteiger partial charge on any atom is 0.260 e. The highest BCUT2D eigenvalue weighted by atomic mass is 35.5. The summed E-state index contributed by atoms with van der Waals surface area (Å²) in [5.74, 6) is 0.152. The van der Waals surface area contributed by atoms with Gasteiger partial charge in [0.1, 0.15) is 5.75 Å². The van der Waals surface area contributed by atoms with Gasteiger partial charge in [0.2, 0.25) is 0 Å². The molecule has 0 aliphatic heterocycles. The van der Waals surface area contributed by atoms with Crippen LogP contribution < -0.4 is 15.4 Å². The minimum absolute atomic E-state index is 0.167. The van der Waals surface area contributed by atoms with E-state index in [0.29, 0.717) is 29.4 Å². The first-order chi connectivity index (χ1) is 12.0. The molecule has 0 radical (unpaired) electrons.